The highest BCUT2D eigenvalue weighted by Gasteiger charge is 2.35. The lowest BCUT2D eigenvalue weighted by molar-refractivity contribution is 0.0642. The fourth-order valence-electron chi connectivity index (χ4n) is 4.80. The van der Waals surface area contributed by atoms with Gasteiger partial charge in [0.15, 0.2) is 0 Å². The van der Waals surface area contributed by atoms with Crippen molar-refractivity contribution in [2.24, 2.45) is 5.92 Å². The molecule has 3 aromatic rings. The molecule has 0 saturated carbocycles. The second kappa shape index (κ2) is 9.62. The molecular weight excluding hydrogens is 442 g/mol. The zero-order chi connectivity index (χ0) is 24.4. The standard InChI is InChI=1S/C28H27N3O4/c1-35-25-12-11-19(18-31-27(33)22-9-5-6-10-23(22)28(31)34)15-24(25)26(32)29-16-20-13-14-30(17-20)21-7-3-2-4-8-21/h2-12,15,20H,13-14,16-18H2,1H3,(H,29,32). The lowest BCUT2D eigenvalue weighted by Crippen LogP contribution is -2.32. The lowest BCUT2D eigenvalue weighted by Gasteiger charge is -2.19. The largest absolute Gasteiger partial charge is 0.496 e. The van der Waals surface area contributed by atoms with Gasteiger partial charge in [0.25, 0.3) is 17.7 Å². The van der Waals surface area contributed by atoms with Crippen molar-refractivity contribution in [1.29, 1.82) is 0 Å². The number of rotatable bonds is 7. The fourth-order valence-corrected chi connectivity index (χ4v) is 4.80. The average Bonchev–Trinajstić information content (AvgIpc) is 3.47. The third-order valence-corrected chi connectivity index (χ3v) is 6.69. The average molecular weight is 470 g/mol. The van der Waals surface area contributed by atoms with E-state index in [0.717, 1.165) is 19.5 Å². The van der Waals surface area contributed by atoms with E-state index in [2.05, 4.69) is 22.3 Å². The number of para-hydroxylation sites is 1. The predicted molar refractivity (Wildman–Crippen MR) is 133 cm³/mol. The Morgan fingerprint density at radius 2 is 1.66 bits per heavy atom. The summed E-state index contributed by atoms with van der Waals surface area (Å²) in [4.78, 5) is 42.1. The number of imide groups is 1. The van der Waals surface area contributed by atoms with Crippen LogP contribution in [-0.4, -0.2) is 49.4 Å². The maximum absolute atomic E-state index is 13.1. The smallest absolute Gasteiger partial charge is 0.261 e. The Balaban J connectivity index is 1.25. The molecule has 2 aliphatic heterocycles. The molecule has 5 rings (SSSR count). The Hall–Kier alpha value is -4.13. The Morgan fingerprint density at radius 1 is 0.971 bits per heavy atom. The Kier molecular flexibility index (Phi) is 6.23. The Bertz CT molecular complexity index is 1240. The van der Waals surface area contributed by atoms with E-state index < -0.39 is 0 Å². The number of hydrogen-bond donors (Lipinski definition) is 1. The van der Waals surface area contributed by atoms with Gasteiger partial charge in [0.1, 0.15) is 5.75 Å². The van der Waals surface area contributed by atoms with Crippen molar-refractivity contribution >= 4 is 23.4 Å². The molecule has 2 aliphatic rings. The molecule has 1 unspecified atom stereocenters. The van der Waals surface area contributed by atoms with Crippen LogP contribution in [0.5, 0.6) is 5.75 Å². The van der Waals surface area contributed by atoms with Crippen LogP contribution in [-0.2, 0) is 6.54 Å². The molecule has 7 heteroatoms. The van der Waals surface area contributed by atoms with Gasteiger partial charge < -0.3 is 15.0 Å². The first-order valence-corrected chi connectivity index (χ1v) is 11.8. The van der Waals surface area contributed by atoms with Crippen molar-refractivity contribution in [2.45, 2.75) is 13.0 Å². The van der Waals surface area contributed by atoms with Gasteiger partial charge in [-0.05, 0) is 54.3 Å². The molecule has 0 spiro atoms. The first-order chi connectivity index (χ1) is 17.0. The second-order valence-electron chi connectivity index (χ2n) is 8.92. The zero-order valence-corrected chi connectivity index (χ0v) is 19.6. The second-order valence-corrected chi connectivity index (χ2v) is 8.92. The minimum atomic E-state index is -0.323. The molecule has 0 radical (unpaired) electrons. The molecule has 0 aromatic heterocycles. The maximum atomic E-state index is 13.1. The summed E-state index contributed by atoms with van der Waals surface area (Å²) in [5, 5.41) is 3.05. The molecule has 7 nitrogen and oxygen atoms in total. The molecule has 178 valence electrons. The van der Waals surface area contributed by atoms with E-state index >= 15 is 0 Å². The first kappa shape index (κ1) is 22.7. The van der Waals surface area contributed by atoms with E-state index in [1.165, 1.54) is 17.7 Å². The third-order valence-electron chi connectivity index (χ3n) is 6.69. The SMILES string of the molecule is COc1ccc(CN2C(=O)c3ccccc3C2=O)cc1C(=O)NCC1CCN(c2ccccc2)C1. The van der Waals surface area contributed by atoms with Crippen LogP contribution in [0.1, 0.15) is 43.1 Å². The van der Waals surface area contributed by atoms with Gasteiger partial charge in [-0.3, -0.25) is 19.3 Å². The molecular formula is C28H27N3O4. The van der Waals surface area contributed by atoms with Crippen LogP contribution in [0, 0.1) is 5.92 Å². The monoisotopic (exact) mass is 469 g/mol. The van der Waals surface area contributed by atoms with Gasteiger partial charge in [-0.15, -0.1) is 0 Å². The van der Waals surface area contributed by atoms with E-state index in [0.29, 0.717) is 40.5 Å². The molecule has 3 aromatic carbocycles. The van der Waals surface area contributed by atoms with Crippen LogP contribution >= 0.6 is 0 Å². The highest BCUT2D eigenvalue weighted by Crippen LogP contribution is 2.27. The molecule has 35 heavy (non-hydrogen) atoms. The summed E-state index contributed by atoms with van der Waals surface area (Å²) in [5.74, 6) is -0.0740. The number of ether oxygens (including phenoxy) is 1. The van der Waals surface area contributed by atoms with Crippen LogP contribution in [0.25, 0.3) is 0 Å². The number of methoxy groups -OCH3 is 1. The number of carbonyl (C=O) groups excluding carboxylic acids is 3. The van der Waals surface area contributed by atoms with Crippen molar-refractivity contribution in [3.63, 3.8) is 0 Å². The van der Waals surface area contributed by atoms with Gasteiger partial charge in [0.05, 0.1) is 30.3 Å². The number of nitrogens with zero attached hydrogens (tertiary/aromatic N) is 2. The van der Waals surface area contributed by atoms with Gasteiger partial charge in [0, 0.05) is 25.3 Å². The summed E-state index contributed by atoms with van der Waals surface area (Å²) in [5.41, 5.74) is 3.08. The number of fused-ring (bicyclic) bond motifs is 1. The summed E-state index contributed by atoms with van der Waals surface area (Å²) >= 11 is 0. The van der Waals surface area contributed by atoms with E-state index in [9.17, 15) is 14.4 Å². The third kappa shape index (κ3) is 4.49. The molecule has 1 fully saturated rings. The molecule has 1 atom stereocenters. The van der Waals surface area contributed by atoms with Crippen LogP contribution < -0.4 is 15.0 Å². The van der Waals surface area contributed by atoms with Gasteiger partial charge in [0.2, 0.25) is 0 Å². The summed E-state index contributed by atoms with van der Waals surface area (Å²) < 4.78 is 5.41. The van der Waals surface area contributed by atoms with Crippen LogP contribution in [0.4, 0.5) is 5.69 Å². The minimum absolute atomic E-state index is 0.0886. The molecule has 1 saturated heterocycles. The van der Waals surface area contributed by atoms with Crippen LogP contribution in [0.3, 0.4) is 0 Å². The number of hydrogen-bond acceptors (Lipinski definition) is 5. The van der Waals surface area contributed by atoms with E-state index in [4.69, 9.17) is 4.74 Å². The van der Waals surface area contributed by atoms with Crippen molar-refractivity contribution in [3.05, 3.63) is 95.1 Å². The van der Waals surface area contributed by atoms with Crippen molar-refractivity contribution in [2.75, 3.05) is 31.6 Å². The van der Waals surface area contributed by atoms with Gasteiger partial charge in [-0.1, -0.05) is 36.4 Å². The van der Waals surface area contributed by atoms with E-state index in [-0.39, 0.29) is 24.3 Å². The Morgan fingerprint density at radius 3 is 2.34 bits per heavy atom. The summed E-state index contributed by atoms with van der Waals surface area (Å²) in [6.07, 6.45) is 1.01. The summed E-state index contributed by atoms with van der Waals surface area (Å²) in [6.45, 7) is 2.50. The van der Waals surface area contributed by atoms with Crippen molar-refractivity contribution in [3.8, 4) is 5.75 Å². The molecule has 2 heterocycles. The van der Waals surface area contributed by atoms with E-state index in [1.54, 1.807) is 42.5 Å². The highest BCUT2D eigenvalue weighted by molar-refractivity contribution is 6.21. The van der Waals surface area contributed by atoms with Crippen LogP contribution in [0.2, 0.25) is 0 Å². The Labute approximate surface area is 204 Å². The fraction of sp³-hybridized carbons (Fsp3) is 0.250. The quantitative estimate of drug-likeness (QED) is 0.534. The molecule has 0 bridgehead atoms. The van der Waals surface area contributed by atoms with Gasteiger partial charge in [-0.2, -0.15) is 0 Å². The summed E-state index contributed by atoms with van der Waals surface area (Å²) in [7, 11) is 1.52. The molecule has 0 aliphatic carbocycles. The number of carbonyl (C=O) groups is 3. The number of amides is 3. The molecule has 3 amide bonds. The normalized spacial score (nSPS) is 17.0. The zero-order valence-electron chi connectivity index (χ0n) is 19.6. The minimum Gasteiger partial charge on any atom is -0.496 e. The van der Waals surface area contributed by atoms with Gasteiger partial charge in [-0.25, -0.2) is 0 Å². The maximum Gasteiger partial charge on any atom is 0.261 e. The van der Waals surface area contributed by atoms with Crippen LogP contribution in [0.15, 0.2) is 72.8 Å². The van der Waals surface area contributed by atoms with Gasteiger partial charge >= 0.3 is 0 Å². The van der Waals surface area contributed by atoms with Crippen molar-refractivity contribution < 1.29 is 19.1 Å². The lowest BCUT2D eigenvalue weighted by atomic mass is 10.1. The highest BCUT2D eigenvalue weighted by atomic mass is 16.5. The number of nitrogens with one attached hydrogen (secondary N) is 1. The number of benzene rings is 3. The predicted octanol–water partition coefficient (Wildman–Crippen LogP) is 3.75. The van der Waals surface area contributed by atoms with Crippen molar-refractivity contribution in [1.82, 2.24) is 10.2 Å². The number of anilines is 1. The summed E-state index contributed by atoms with van der Waals surface area (Å²) in [6, 6.07) is 22.3. The first-order valence-electron chi connectivity index (χ1n) is 11.8. The topological polar surface area (TPSA) is 78.9 Å². The molecule has 1 N–H and O–H groups in total. The van der Waals surface area contributed by atoms with E-state index in [1.807, 2.05) is 18.2 Å².